The minimum atomic E-state index is -0.982. The Labute approximate surface area is 183 Å². The van der Waals surface area contributed by atoms with Crippen LogP contribution in [0.3, 0.4) is 0 Å². The van der Waals surface area contributed by atoms with E-state index in [4.69, 9.17) is 4.74 Å². The number of carbonyl (C=O) groups is 2. The molecule has 0 aromatic heterocycles. The standard InChI is InChI=1S/C25H30N2O4/c1-3-4-8-16-31-20-13-9-12-19(17-20)26-23(29)21-22(28)25(2,27-24(21)30)15-14-18-10-6-5-7-11-18/h5-7,9-13,17,28H,3-4,8,14-16H2,1-2H3,(H,26,29)(H,27,30). The summed E-state index contributed by atoms with van der Waals surface area (Å²) in [6, 6.07) is 16.8. The van der Waals surface area contributed by atoms with Crippen LogP contribution in [0, 0.1) is 0 Å². The number of hydrogen-bond donors (Lipinski definition) is 3. The van der Waals surface area contributed by atoms with Gasteiger partial charge in [-0.25, -0.2) is 0 Å². The second-order valence-electron chi connectivity index (χ2n) is 8.03. The van der Waals surface area contributed by atoms with E-state index in [-0.39, 0.29) is 11.3 Å². The zero-order valence-electron chi connectivity index (χ0n) is 18.1. The summed E-state index contributed by atoms with van der Waals surface area (Å²) in [6.07, 6.45) is 4.32. The van der Waals surface area contributed by atoms with Crippen molar-refractivity contribution in [1.29, 1.82) is 0 Å². The smallest absolute Gasteiger partial charge is 0.264 e. The highest BCUT2D eigenvalue weighted by Crippen LogP contribution is 2.30. The number of rotatable bonds is 10. The van der Waals surface area contributed by atoms with Crippen molar-refractivity contribution in [3.63, 3.8) is 0 Å². The monoisotopic (exact) mass is 422 g/mol. The molecule has 0 saturated heterocycles. The molecule has 2 amide bonds. The first-order chi connectivity index (χ1) is 14.9. The molecule has 0 saturated carbocycles. The van der Waals surface area contributed by atoms with Crippen LogP contribution < -0.4 is 15.4 Å². The summed E-state index contributed by atoms with van der Waals surface area (Å²) in [5.74, 6) is -0.785. The van der Waals surface area contributed by atoms with Crippen LogP contribution in [0.2, 0.25) is 0 Å². The normalized spacial score (nSPS) is 18.1. The Hall–Kier alpha value is -3.28. The molecule has 2 aromatic carbocycles. The van der Waals surface area contributed by atoms with Gasteiger partial charge in [-0.1, -0.05) is 56.2 Å². The van der Waals surface area contributed by atoms with Crippen LogP contribution in [0.1, 0.15) is 45.1 Å². The molecule has 1 atom stereocenters. The zero-order chi connectivity index (χ0) is 22.3. The number of ether oxygens (including phenoxy) is 1. The largest absolute Gasteiger partial charge is 0.509 e. The SMILES string of the molecule is CCCCCOc1cccc(NC(=O)C2=C(O)C(C)(CCc3ccccc3)NC2=O)c1. The third-order valence-corrected chi connectivity index (χ3v) is 5.47. The van der Waals surface area contributed by atoms with E-state index in [0.29, 0.717) is 30.9 Å². The summed E-state index contributed by atoms with van der Waals surface area (Å²) in [5.41, 5.74) is 0.373. The molecular weight excluding hydrogens is 392 g/mol. The summed E-state index contributed by atoms with van der Waals surface area (Å²) in [6.45, 7) is 4.47. The van der Waals surface area contributed by atoms with Gasteiger partial charge >= 0.3 is 0 Å². The van der Waals surface area contributed by atoms with E-state index in [9.17, 15) is 14.7 Å². The van der Waals surface area contributed by atoms with Crippen molar-refractivity contribution in [2.45, 2.75) is 51.5 Å². The zero-order valence-corrected chi connectivity index (χ0v) is 18.1. The van der Waals surface area contributed by atoms with E-state index in [0.717, 1.165) is 24.8 Å². The first-order valence-corrected chi connectivity index (χ1v) is 10.8. The fraction of sp³-hybridized carbons (Fsp3) is 0.360. The molecule has 31 heavy (non-hydrogen) atoms. The van der Waals surface area contributed by atoms with Crippen molar-refractivity contribution < 1.29 is 19.4 Å². The van der Waals surface area contributed by atoms with Gasteiger partial charge in [-0.2, -0.15) is 0 Å². The quantitative estimate of drug-likeness (QED) is 0.388. The van der Waals surface area contributed by atoms with Gasteiger partial charge in [0, 0.05) is 11.8 Å². The highest BCUT2D eigenvalue weighted by molar-refractivity contribution is 6.24. The van der Waals surface area contributed by atoms with Gasteiger partial charge in [-0.3, -0.25) is 9.59 Å². The number of benzene rings is 2. The minimum absolute atomic E-state index is 0.224. The van der Waals surface area contributed by atoms with Gasteiger partial charge < -0.3 is 20.5 Å². The number of aliphatic hydroxyl groups excluding tert-OH is 1. The maximum atomic E-state index is 12.8. The number of unbranched alkanes of at least 4 members (excludes halogenated alkanes) is 2. The molecule has 1 heterocycles. The van der Waals surface area contributed by atoms with E-state index >= 15 is 0 Å². The van der Waals surface area contributed by atoms with Gasteiger partial charge in [0.15, 0.2) is 0 Å². The minimum Gasteiger partial charge on any atom is -0.509 e. The van der Waals surface area contributed by atoms with Crippen LogP contribution in [0.25, 0.3) is 0 Å². The molecule has 0 spiro atoms. The Morgan fingerprint density at radius 3 is 2.65 bits per heavy atom. The molecule has 0 aliphatic carbocycles. The van der Waals surface area contributed by atoms with Crippen molar-refractivity contribution in [3.8, 4) is 5.75 Å². The molecule has 1 unspecified atom stereocenters. The van der Waals surface area contributed by atoms with E-state index in [1.54, 1.807) is 25.1 Å². The molecule has 0 radical (unpaired) electrons. The third-order valence-electron chi connectivity index (χ3n) is 5.47. The van der Waals surface area contributed by atoms with Crippen molar-refractivity contribution >= 4 is 17.5 Å². The van der Waals surface area contributed by atoms with Crippen LogP contribution in [-0.4, -0.2) is 29.1 Å². The Morgan fingerprint density at radius 1 is 1.13 bits per heavy atom. The summed E-state index contributed by atoms with van der Waals surface area (Å²) in [5, 5.41) is 16.2. The predicted molar refractivity (Wildman–Crippen MR) is 121 cm³/mol. The van der Waals surface area contributed by atoms with Gasteiger partial charge in [0.25, 0.3) is 11.8 Å². The lowest BCUT2D eigenvalue weighted by atomic mass is 9.92. The average Bonchev–Trinajstić information content (AvgIpc) is 2.99. The Balaban J connectivity index is 1.67. The van der Waals surface area contributed by atoms with Crippen molar-refractivity contribution in [3.05, 3.63) is 71.5 Å². The molecule has 6 heteroatoms. The third kappa shape index (κ3) is 5.66. The molecule has 0 bridgehead atoms. The van der Waals surface area contributed by atoms with Gasteiger partial charge in [-0.15, -0.1) is 0 Å². The molecule has 0 fully saturated rings. The second-order valence-corrected chi connectivity index (χ2v) is 8.03. The van der Waals surface area contributed by atoms with Gasteiger partial charge in [-0.05, 0) is 43.9 Å². The fourth-order valence-electron chi connectivity index (χ4n) is 3.59. The molecule has 6 nitrogen and oxygen atoms in total. The Morgan fingerprint density at radius 2 is 1.90 bits per heavy atom. The number of nitrogens with one attached hydrogen (secondary N) is 2. The predicted octanol–water partition coefficient (Wildman–Crippen LogP) is 4.53. The first-order valence-electron chi connectivity index (χ1n) is 10.8. The van der Waals surface area contributed by atoms with Crippen molar-refractivity contribution in [2.75, 3.05) is 11.9 Å². The highest BCUT2D eigenvalue weighted by atomic mass is 16.5. The number of amides is 2. The van der Waals surface area contributed by atoms with Crippen molar-refractivity contribution in [1.82, 2.24) is 5.32 Å². The maximum Gasteiger partial charge on any atom is 0.264 e. The molecule has 1 aliphatic heterocycles. The molecule has 164 valence electrons. The number of anilines is 1. The topological polar surface area (TPSA) is 87.7 Å². The van der Waals surface area contributed by atoms with E-state index < -0.39 is 17.4 Å². The molecule has 2 aromatic rings. The summed E-state index contributed by atoms with van der Waals surface area (Å²) in [4.78, 5) is 25.3. The average molecular weight is 423 g/mol. The van der Waals surface area contributed by atoms with Crippen LogP contribution in [0.15, 0.2) is 65.9 Å². The van der Waals surface area contributed by atoms with E-state index in [1.165, 1.54) is 0 Å². The maximum absolute atomic E-state index is 12.8. The second kappa shape index (κ2) is 10.2. The van der Waals surface area contributed by atoms with Crippen LogP contribution in [-0.2, 0) is 16.0 Å². The van der Waals surface area contributed by atoms with Crippen LogP contribution in [0.4, 0.5) is 5.69 Å². The Bertz CT molecular complexity index is 955. The van der Waals surface area contributed by atoms with Crippen LogP contribution >= 0.6 is 0 Å². The van der Waals surface area contributed by atoms with E-state index in [1.807, 2.05) is 36.4 Å². The molecule has 3 rings (SSSR count). The molecular formula is C25H30N2O4. The first kappa shape index (κ1) is 22.4. The van der Waals surface area contributed by atoms with Gasteiger partial charge in [0.1, 0.15) is 17.1 Å². The molecule has 1 aliphatic rings. The number of carbonyl (C=O) groups excluding carboxylic acids is 2. The number of aryl methyl sites for hydroxylation is 1. The summed E-state index contributed by atoms with van der Waals surface area (Å²) < 4.78 is 5.71. The lowest BCUT2D eigenvalue weighted by molar-refractivity contribution is -0.121. The van der Waals surface area contributed by atoms with Gasteiger partial charge in [0.05, 0.1) is 12.1 Å². The Kier molecular flexibility index (Phi) is 7.34. The number of aliphatic hydroxyl groups is 1. The lowest BCUT2D eigenvalue weighted by Gasteiger charge is -2.24. The summed E-state index contributed by atoms with van der Waals surface area (Å²) in [7, 11) is 0. The number of hydrogen-bond acceptors (Lipinski definition) is 4. The highest BCUT2D eigenvalue weighted by Gasteiger charge is 2.44. The lowest BCUT2D eigenvalue weighted by Crippen LogP contribution is -2.42. The van der Waals surface area contributed by atoms with Gasteiger partial charge in [0.2, 0.25) is 0 Å². The van der Waals surface area contributed by atoms with Crippen molar-refractivity contribution in [2.24, 2.45) is 0 Å². The molecule has 3 N–H and O–H groups in total. The summed E-state index contributed by atoms with van der Waals surface area (Å²) >= 11 is 0. The fourth-order valence-corrected chi connectivity index (χ4v) is 3.59. The van der Waals surface area contributed by atoms with Crippen LogP contribution in [0.5, 0.6) is 5.75 Å². The van der Waals surface area contributed by atoms with E-state index in [2.05, 4.69) is 17.6 Å².